The lowest BCUT2D eigenvalue weighted by molar-refractivity contribution is 0.351. The van der Waals surface area contributed by atoms with Gasteiger partial charge in [-0.25, -0.2) is 0 Å². The van der Waals surface area contributed by atoms with Gasteiger partial charge in [-0.1, -0.05) is 0 Å². The highest BCUT2D eigenvalue weighted by Gasteiger charge is 2.25. The lowest BCUT2D eigenvalue weighted by Gasteiger charge is -2.27. The lowest BCUT2D eigenvalue weighted by Crippen LogP contribution is -2.35. The summed E-state index contributed by atoms with van der Waals surface area (Å²) in [6, 6.07) is 3.72. The predicted molar refractivity (Wildman–Crippen MR) is 65.7 cm³/mol. The third-order valence-corrected chi connectivity index (χ3v) is 2.36. The fourth-order valence-corrected chi connectivity index (χ4v) is 1.65. The maximum absolute atomic E-state index is 5.38. The van der Waals surface area contributed by atoms with Crippen molar-refractivity contribution in [3.05, 3.63) is 12.1 Å². The number of hydrogen-bond acceptors (Lipinski definition) is 3. The number of methoxy groups -OCH3 is 3. The molecule has 0 atom stereocenters. The standard InChI is InChI=1S/C12H20NO3/c1-13(2,3)12-10(15-5)7-9(14-4)8-11(12)16-6/h7-8H,1-6H3/q+1. The van der Waals surface area contributed by atoms with Crippen LogP contribution in [0.5, 0.6) is 17.2 Å². The van der Waals surface area contributed by atoms with Crippen LogP contribution in [0.1, 0.15) is 0 Å². The van der Waals surface area contributed by atoms with Crippen LogP contribution in [0, 0.1) is 0 Å². The second kappa shape index (κ2) is 4.61. The zero-order chi connectivity index (χ0) is 12.3. The average Bonchev–Trinajstić information content (AvgIpc) is 2.25. The second-order valence-electron chi connectivity index (χ2n) is 4.39. The average molecular weight is 226 g/mol. The molecule has 1 aromatic carbocycles. The number of rotatable bonds is 4. The minimum atomic E-state index is 0.621. The Kier molecular flexibility index (Phi) is 3.65. The van der Waals surface area contributed by atoms with Gasteiger partial charge in [0.1, 0.15) is 5.75 Å². The van der Waals surface area contributed by atoms with Crippen molar-refractivity contribution in [1.82, 2.24) is 4.48 Å². The van der Waals surface area contributed by atoms with E-state index in [4.69, 9.17) is 14.2 Å². The Balaban J connectivity index is 3.44. The SMILES string of the molecule is COc1cc(OC)c([N+](C)(C)C)c(OC)c1. The summed E-state index contributed by atoms with van der Waals surface area (Å²) < 4.78 is 16.6. The highest BCUT2D eigenvalue weighted by Crippen LogP contribution is 2.42. The Bertz CT molecular complexity index is 344. The van der Waals surface area contributed by atoms with Gasteiger partial charge >= 0.3 is 0 Å². The topological polar surface area (TPSA) is 27.7 Å². The minimum absolute atomic E-state index is 0.621. The summed E-state index contributed by atoms with van der Waals surface area (Å²) >= 11 is 0. The molecule has 1 rings (SSSR count). The Morgan fingerprint density at radius 1 is 0.812 bits per heavy atom. The van der Waals surface area contributed by atoms with E-state index in [1.165, 1.54) is 0 Å². The number of quaternary nitrogens is 1. The molecule has 0 aliphatic rings. The first-order chi connectivity index (χ1) is 7.43. The third-order valence-electron chi connectivity index (χ3n) is 2.36. The van der Waals surface area contributed by atoms with Gasteiger partial charge in [0.2, 0.25) is 5.69 Å². The number of nitrogens with zero attached hydrogens (tertiary/aromatic N) is 1. The Hall–Kier alpha value is -1.42. The van der Waals surface area contributed by atoms with E-state index in [0.717, 1.165) is 22.9 Å². The fraction of sp³-hybridized carbons (Fsp3) is 0.500. The smallest absolute Gasteiger partial charge is 0.217 e. The van der Waals surface area contributed by atoms with Crippen molar-refractivity contribution < 1.29 is 14.2 Å². The van der Waals surface area contributed by atoms with Crippen molar-refractivity contribution in [3.8, 4) is 17.2 Å². The largest absolute Gasteiger partial charge is 0.496 e. The monoisotopic (exact) mass is 226 g/mol. The molecule has 0 aromatic heterocycles. The normalized spacial score (nSPS) is 11.1. The van der Waals surface area contributed by atoms with E-state index in [2.05, 4.69) is 21.1 Å². The second-order valence-corrected chi connectivity index (χ2v) is 4.39. The number of benzene rings is 1. The van der Waals surface area contributed by atoms with Gasteiger partial charge in [-0.2, -0.15) is 0 Å². The summed E-state index contributed by atoms with van der Waals surface area (Å²) in [6.07, 6.45) is 0. The van der Waals surface area contributed by atoms with Gasteiger partial charge < -0.3 is 14.2 Å². The fourth-order valence-electron chi connectivity index (χ4n) is 1.65. The van der Waals surface area contributed by atoms with Crippen LogP contribution in [0.25, 0.3) is 0 Å². The molecule has 0 aliphatic carbocycles. The first-order valence-corrected chi connectivity index (χ1v) is 5.06. The van der Waals surface area contributed by atoms with Gasteiger partial charge in [-0.05, 0) is 0 Å². The molecule has 0 spiro atoms. The quantitative estimate of drug-likeness (QED) is 0.734. The van der Waals surface area contributed by atoms with Crippen LogP contribution >= 0.6 is 0 Å². The van der Waals surface area contributed by atoms with Crippen molar-refractivity contribution in [1.29, 1.82) is 0 Å². The first-order valence-electron chi connectivity index (χ1n) is 5.06. The van der Waals surface area contributed by atoms with E-state index < -0.39 is 0 Å². The highest BCUT2D eigenvalue weighted by atomic mass is 16.5. The van der Waals surface area contributed by atoms with Crippen LogP contribution in [-0.4, -0.2) is 42.5 Å². The molecule has 0 heterocycles. The maximum Gasteiger partial charge on any atom is 0.217 e. The molecule has 0 saturated carbocycles. The zero-order valence-corrected chi connectivity index (χ0v) is 10.8. The van der Waals surface area contributed by atoms with Crippen molar-refractivity contribution in [3.63, 3.8) is 0 Å². The first kappa shape index (κ1) is 12.6. The lowest BCUT2D eigenvalue weighted by atomic mass is 10.2. The zero-order valence-electron chi connectivity index (χ0n) is 10.8. The molecule has 0 unspecified atom stereocenters. The van der Waals surface area contributed by atoms with Crippen LogP contribution < -0.4 is 18.7 Å². The Morgan fingerprint density at radius 3 is 1.50 bits per heavy atom. The van der Waals surface area contributed by atoms with E-state index in [9.17, 15) is 0 Å². The molecular weight excluding hydrogens is 206 g/mol. The summed E-state index contributed by atoms with van der Waals surface area (Å²) in [4.78, 5) is 0. The Morgan fingerprint density at radius 2 is 1.25 bits per heavy atom. The predicted octanol–water partition coefficient (Wildman–Crippen LogP) is 1.91. The number of ether oxygens (including phenoxy) is 3. The number of hydrogen-bond donors (Lipinski definition) is 0. The van der Waals surface area contributed by atoms with Crippen LogP contribution in [-0.2, 0) is 0 Å². The summed E-state index contributed by atoms with van der Waals surface area (Å²) in [5.74, 6) is 2.26. The van der Waals surface area contributed by atoms with E-state index in [0.29, 0.717) is 4.48 Å². The van der Waals surface area contributed by atoms with E-state index in [1.54, 1.807) is 21.3 Å². The molecule has 4 heteroatoms. The van der Waals surface area contributed by atoms with Crippen LogP contribution in [0.3, 0.4) is 0 Å². The maximum atomic E-state index is 5.38. The summed E-state index contributed by atoms with van der Waals surface area (Å²) in [5.41, 5.74) is 0.991. The highest BCUT2D eigenvalue weighted by molar-refractivity contribution is 5.67. The van der Waals surface area contributed by atoms with Gasteiger partial charge in [0.25, 0.3) is 0 Å². The van der Waals surface area contributed by atoms with E-state index in [-0.39, 0.29) is 0 Å². The van der Waals surface area contributed by atoms with Gasteiger partial charge in [0.05, 0.1) is 42.5 Å². The van der Waals surface area contributed by atoms with Crippen molar-refractivity contribution in [2.45, 2.75) is 0 Å². The summed E-state index contributed by atoms with van der Waals surface area (Å²) in [7, 11) is 11.1. The van der Waals surface area contributed by atoms with Crippen LogP contribution in [0.2, 0.25) is 0 Å². The van der Waals surface area contributed by atoms with Crippen molar-refractivity contribution in [2.24, 2.45) is 0 Å². The molecule has 0 amide bonds. The third kappa shape index (κ3) is 2.39. The van der Waals surface area contributed by atoms with Gasteiger partial charge in [-0.3, -0.25) is 4.48 Å². The molecule has 0 saturated heterocycles. The Labute approximate surface area is 96.9 Å². The molecular formula is C12H20NO3+. The molecule has 4 nitrogen and oxygen atoms in total. The van der Waals surface area contributed by atoms with Crippen molar-refractivity contribution >= 4 is 5.69 Å². The summed E-state index contributed by atoms with van der Waals surface area (Å²) in [5, 5.41) is 0. The van der Waals surface area contributed by atoms with Gasteiger partial charge in [0, 0.05) is 12.1 Å². The van der Waals surface area contributed by atoms with E-state index in [1.807, 2.05) is 12.1 Å². The van der Waals surface area contributed by atoms with Crippen LogP contribution in [0.15, 0.2) is 12.1 Å². The van der Waals surface area contributed by atoms with Crippen molar-refractivity contribution in [2.75, 3.05) is 42.5 Å². The molecule has 0 radical (unpaired) electrons. The van der Waals surface area contributed by atoms with E-state index >= 15 is 0 Å². The van der Waals surface area contributed by atoms with Gasteiger partial charge in [0.15, 0.2) is 11.5 Å². The summed E-state index contributed by atoms with van der Waals surface area (Å²) in [6.45, 7) is 0. The van der Waals surface area contributed by atoms with Crippen LogP contribution in [0.4, 0.5) is 5.69 Å². The molecule has 16 heavy (non-hydrogen) atoms. The molecule has 0 fully saturated rings. The minimum Gasteiger partial charge on any atom is -0.496 e. The van der Waals surface area contributed by atoms with Gasteiger partial charge in [-0.15, -0.1) is 0 Å². The molecule has 0 bridgehead atoms. The molecule has 1 aromatic rings. The molecule has 90 valence electrons. The molecule has 0 N–H and O–H groups in total. The molecule has 0 aliphatic heterocycles.